The highest BCUT2D eigenvalue weighted by molar-refractivity contribution is 7.92. The number of amides is 1. The second kappa shape index (κ2) is 6.80. The van der Waals surface area contributed by atoms with E-state index < -0.39 is 21.0 Å². The monoisotopic (exact) mass is 312 g/mol. The highest BCUT2D eigenvalue weighted by Gasteiger charge is 2.34. The average molecular weight is 312 g/mol. The van der Waals surface area contributed by atoms with Crippen molar-refractivity contribution in [3.05, 3.63) is 24.3 Å². The standard InChI is InChI=1S/C14H20N2O4S/c15-11-5-1-2-6-12(11)20-9-8-16-14(17)13-7-3-4-10-21(13,18)19/h1-2,5-6,13H,3-4,7-10,15H2,(H,16,17). The number of carbonyl (C=O) groups is 1. The minimum Gasteiger partial charge on any atom is -0.490 e. The van der Waals surface area contributed by atoms with E-state index in [9.17, 15) is 13.2 Å². The van der Waals surface area contributed by atoms with E-state index >= 15 is 0 Å². The summed E-state index contributed by atoms with van der Waals surface area (Å²) in [7, 11) is -3.29. The molecule has 0 saturated carbocycles. The third kappa shape index (κ3) is 4.10. The second-order valence-electron chi connectivity index (χ2n) is 5.03. The lowest BCUT2D eigenvalue weighted by Crippen LogP contribution is -2.43. The Morgan fingerprint density at radius 3 is 2.81 bits per heavy atom. The number of sulfone groups is 1. The molecule has 1 unspecified atom stereocenters. The van der Waals surface area contributed by atoms with Crippen LogP contribution in [0.5, 0.6) is 5.75 Å². The normalized spacial score (nSPS) is 20.7. The van der Waals surface area contributed by atoms with Crippen LogP contribution >= 0.6 is 0 Å². The van der Waals surface area contributed by atoms with E-state index in [1.165, 1.54) is 0 Å². The van der Waals surface area contributed by atoms with Gasteiger partial charge < -0.3 is 15.8 Å². The van der Waals surface area contributed by atoms with Gasteiger partial charge in [0.25, 0.3) is 0 Å². The number of nitrogens with two attached hydrogens (primary N) is 1. The first-order chi connectivity index (χ1) is 10.0. The Kier molecular flexibility index (Phi) is 5.06. The predicted molar refractivity (Wildman–Crippen MR) is 80.8 cm³/mol. The maximum Gasteiger partial charge on any atom is 0.238 e. The lowest BCUT2D eigenvalue weighted by Gasteiger charge is -2.21. The number of nitrogens with one attached hydrogen (secondary N) is 1. The molecule has 1 aromatic carbocycles. The predicted octanol–water partition coefficient (Wildman–Crippen LogP) is 0.731. The van der Waals surface area contributed by atoms with Gasteiger partial charge in [0.1, 0.15) is 17.6 Å². The van der Waals surface area contributed by atoms with E-state index in [1.54, 1.807) is 24.3 Å². The molecule has 3 N–H and O–H groups in total. The minimum atomic E-state index is -3.29. The number of rotatable bonds is 5. The van der Waals surface area contributed by atoms with Crippen LogP contribution in [0.4, 0.5) is 5.69 Å². The number of hydrogen-bond acceptors (Lipinski definition) is 5. The summed E-state index contributed by atoms with van der Waals surface area (Å²) in [5.41, 5.74) is 6.25. The highest BCUT2D eigenvalue weighted by Crippen LogP contribution is 2.20. The number of para-hydroxylation sites is 2. The lowest BCUT2D eigenvalue weighted by molar-refractivity contribution is -0.121. The van der Waals surface area contributed by atoms with Gasteiger partial charge in [-0.3, -0.25) is 4.79 Å². The molecule has 1 heterocycles. The van der Waals surface area contributed by atoms with E-state index in [0.717, 1.165) is 6.42 Å². The van der Waals surface area contributed by atoms with E-state index in [-0.39, 0.29) is 18.9 Å². The van der Waals surface area contributed by atoms with Gasteiger partial charge in [-0.1, -0.05) is 18.6 Å². The van der Waals surface area contributed by atoms with Gasteiger partial charge >= 0.3 is 0 Å². The summed E-state index contributed by atoms with van der Waals surface area (Å²) in [5, 5.41) is 1.70. The smallest absolute Gasteiger partial charge is 0.238 e. The Balaban J connectivity index is 1.78. The third-order valence-electron chi connectivity index (χ3n) is 3.45. The molecule has 0 aromatic heterocycles. The Morgan fingerprint density at radius 1 is 1.33 bits per heavy atom. The van der Waals surface area contributed by atoms with Crippen molar-refractivity contribution in [3.8, 4) is 5.75 Å². The third-order valence-corrected chi connectivity index (χ3v) is 5.62. The molecule has 7 heteroatoms. The minimum absolute atomic E-state index is 0.0993. The molecule has 1 atom stereocenters. The lowest BCUT2D eigenvalue weighted by atomic mass is 10.2. The van der Waals surface area contributed by atoms with Crippen molar-refractivity contribution in [2.45, 2.75) is 24.5 Å². The van der Waals surface area contributed by atoms with Gasteiger partial charge in [-0.15, -0.1) is 0 Å². The van der Waals surface area contributed by atoms with E-state index in [1.807, 2.05) is 0 Å². The summed E-state index contributed by atoms with van der Waals surface area (Å²) < 4.78 is 29.1. The Morgan fingerprint density at radius 2 is 2.10 bits per heavy atom. The molecule has 0 aliphatic carbocycles. The molecule has 1 fully saturated rings. The fourth-order valence-corrected chi connectivity index (χ4v) is 4.14. The molecule has 6 nitrogen and oxygen atoms in total. The van der Waals surface area contributed by atoms with E-state index in [4.69, 9.17) is 10.5 Å². The van der Waals surface area contributed by atoms with Gasteiger partial charge in [-0.05, 0) is 25.0 Å². The Bertz CT molecular complexity index is 601. The van der Waals surface area contributed by atoms with Crippen molar-refractivity contribution in [1.29, 1.82) is 0 Å². The molecular formula is C14H20N2O4S. The maximum absolute atomic E-state index is 11.9. The molecule has 116 valence electrons. The molecule has 1 saturated heterocycles. The first kappa shape index (κ1) is 15.6. The van der Waals surface area contributed by atoms with Crippen LogP contribution in [0.25, 0.3) is 0 Å². The fourth-order valence-electron chi connectivity index (χ4n) is 2.31. The van der Waals surface area contributed by atoms with Gasteiger partial charge in [0.15, 0.2) is 9.84 Å². The van der Waals surface area contributed by atoms with Crippen LogP contribution in [0.15, 0.2) is 24.3 Å². The number of ether oxygens (including phenoxy) is 1. The molecule has 1 amide bonds. The van der Waals surface area contributed by atoms with Crippen LogP contribution in [0.2, 0.25) is 0 Å². The first-order valence-corrected chi connectivity index (χ1v) is 8.69. The zero-order valence-electron chi connectivity index (χ0n) is 11.7. The molecule has 1 aliphatic heterocycles. The maximum atomic E-state index is 11.9. The summed E-state index contributed by atoms with van der Waals surface area (Å²) >= 11 is 0. The molecule has 2 rings (SSSR count). The van der Waals surface area contributed by atoms with Gasteiger partial charge in [0.2, 0.25) is 5.91 Å². The Labute approximate surface area is 124 Å². The zero-order valence-corrected chi connectivity index (χ0v) is 12.6. The number of carbonyl (C=O) groups excluding carboxylic acids is 1. The topological polar surface area (TPSA) is 98.5 Å². The Hall–Kier alpha value is -1.76. The van der Waals surface area contributed by atoms with Gasteiger partial charge in [0, 0.05) is 0 Å². The summed E-state index contributed by atoms with van der Waals surface area (Å²) in [6.07, 6.45) is 1.82. The van der Waals surface area contributed by atoms with Crippen molar-refractivity contribution >= 4 is 21.4 Å². The quantitative estimate of drug-likeness (QED) is 0.617. The van der Waals surface area contributed by atoms with Crippen molar-refractivity contribution in [2.75, 3.05) is 24.6 Å². The van der Waals surface area contributed by atoms with Crippen molar-refractivity contribution < 1.29 is 17.9 Å². The average Bonchev–Trinajstić information content (AvgIpc) is 2.44. The zero-order chi connectivity index (χ0) is 15.3. The SMILES string of the molecule is Nc1ccccc1OCCNC(=O)C1CCCCS1(=O)=O. The van der Waals surface area contributed by atoms with E-state index in [2.05, 4.69) is 5.32 Å². The second-order valence-corrected chi connectivity index (χ2v) is 7.33. The number of hydrogen-bond donors (Lipinski definition) is 2. The molecule has 0 bridgehead atoms. The molecule has 0 spiro atoms. The first-order valence-electron chi connectivity index (χ1n) is 6.97. The van der Waals surface area contributed by atoms with Crippen LogP contribution in [-0.2, 0) is 14.6 Å². The van der Waals surface area contributed by atoms with E-state index in [0.29, 0.717) is 24.3 Å². The summed E-state index contributed by atoms with van der Waals surface area (Å²) in [4.78, 5) is 11.9. The van der Waals surface area contributed by atoms with Crippen LogP contribution in [0.1, 0.15) is 19.3 Å². The molecule has 0 radical (unpaired) electrons. The molecular weight excluding hydrogens is 292 g/mol. The van der Waals surface area contributed by atoms with Crippen LogP contribution in [0.3, 0.4) is 0 Å². The van der Waals surface area contributed by atoms with Gasteiger partial charge in [-0.25, -0.2) is 8.42 Å². The van der Waals surface area contributed by atoms with Crippen LogP contribution in [-0.4, -0.2) is 38.5 Å². The summed E-state index contributed by atoms with van der Waals surface area (Å²) in [5.74, 6) is 0.221. The van der Waals surface area contributed by atoms with Crippen molar-refractivity contribution in [3.63, 3.8) is 0 Å². The van der Waals surface area contributed by atoms with Crippen molar-refractivity contribution in [2.24, 2.45) is 0 Å². The highest BCUT2D eigenvalue weighted by atomic mass is 32.2. The molecule has 21 heavy (non-hydrogen) atoms. The fraction of sp³-hybridized carbons (Fsp3) is 0.500. The number of nitrogen functional groups attached to an aromatic ring is 1. The molecule has 1 aromatic rings. The summed E-state index contributed by atoms with van der Waals surface area (Å²) in [6, 6.07) is 7.07. The van der Waals surface area contributed by atoms with Crippen molar-refractivity contribution in [1.82, 2.24) is 5.32 Å². The van der Waals surface area contributed by atoms with Crippen LogP contribution in [0, 0.1) is 0 Å². The molecule has 1 aliphatic rings. The van der Waals surface area contributed by atoms with Gasteiger partial charge in [-0.2, -0.15) is 0 Å². The largest absolute Gasteiger partial charge is 0.490 e. The van der Waals surface area contributed by atoms with Crippen LogP contribution < -0.4 is 15.8 Å². The number of benzene rings is 1. The number of anilines is 1. The summed E-state index contributed by atoms with van der Waals surface area (Å²) in [6.45, 7) is 0.492. The van der Waals surface area contributed by atoms with Gasteiger partial charge in [0.05, 0.1) is 18.0 Å².